The standard InChI is InChI=1S/C18H20N6S/c1-20-11-22-18-23-15-10-21-14-7-9-25-17(14)16(15)24(18)13-4-2-12(3-5-13)6-8-19/h7,9-13H,2-6H2,1H3,(H,20,22,23)/t12-,13-. The Morgan fingerprint density at radius 2 is 2.28 bits per heavy atom. The zero-order valence-electron chi connectivity index (χ0n) is 14.1. The molecule has 1 N–H and O–H groups in total. The Kier molecular flexibility index (Phi) is 4.36. The van der Waals surface area contributed by atoms with Crippen molar-refractivity contribution in [3.05, 3.63) is 23.3 Å². The minimum atomic E-state index is 0.389. The molecule has 0 aromatic carbocycles. The fourth-order valence-electron chi connectivity index (χ4n) is 3.81. The molecule has 1 aliphatic rings. The topological polar surface area (TPSA) is 82.1 Å². The van der Waals surface area contributed by atoms with E-state index in [1.54, 1.807) is 24.7 Å². The smallest absolute Gasteiger partial charge is 0.209 e. The van der Waals surface area contributed by atoms with E-state index < -0.39 is 0 Å². The van der Waals surface area contributed by atoms with Crippen molar-refractivity contribution in [2.45, 2.75) is 38.1 Å². The van der Waals surface area contributed by atoms with Crippen LogP contribution in [-0.2, 0) is 0 Å². The number of aromatic nitrogens is 3. The third-order valence-electron chi connectivity index (χ3n) is 5.02. The number of aliphatic imine (C=N–C) groups is 1. The maximum Gasteiger partial charge on any atom is 0.209 e. The predicted molar refractivity (Wildman–Crippen MR) is 101 cm³/mol. The second-order valence-corrected chi connectivity index (χ2v) is 7.43. The van der Waals surface area contributed by atoms with Gasteiger partial charge in [-0.3, -0.25) is 9.98 Å². The van der Waals surface area contributed by atoms with Gasteiger partial charge in [0.05, 0.1) is 33.5 Å². The zero-order chi connectivity index (χ0) is 17.2. The van der Waals surface area contributed by atoms with Crippen LogP contribution < -0.4 is 5.62 Å². The van der Waals surface area contributed by atoms with Crippen LogP contribution in [0.15, 0.2) is 27.6 Å². The van der Waals surface area contributed by atoms with Crippen molar-refractivity contribution < 1.29 is 0 Å². The number of imidazole rings is 1. The number of fused-ring (bicyclic) bond motifs is 3. The third kappa shape index (κ3) is 2.87. The lowest BCUT2D eigenvalue weighted by atomic mass is 9.84. The first-order chi connectivity index (χ1) is 12.3. The summed E-state index contributed by atoms with van der Waals surface area (Å²) in [4.78, 5) is 16.5. The van der Waals surface area contributed by atoms with Gasteiger partial charge in [0.2, 0.25) is 5.62 Å². The number of nitrogens with one attached hydrogen (secondary N) is 1. The summed E-state index contributed by atoms with van der Waals surface area (Å²) in [5.74, 6) is 0.535. The predicted octanol–water partition coefficient (Wildman–Crippen LogP) is 3.78. The highest BCUT2D eigenvalue weighted by molar-refractivity contribution is 7.18. The van der Waals surface area contributed by atoms with Gasteiger partial charge in [0.15, 0.2) is 0 Å². The molecule has 1 fully saturated rings. The first kappa shape index (κ1) is 16.0. The highest BCUT2D eigenvalue weighted by Gasteiger charge is 2.25. The minimum absolute atomic E-state index is 0.389. The van der Waals surface area contributed by atoms with Gasteiger partial charge in [0.25, 0.3) is 0 Å². The number of pyridine rings is 1. The molecule has 0 unspecified atom stereocenters. The number of thiophene rings is 1. The molecule has 0 aliphatic heterocycles. The van der Waals surface area contributed by atoms with Crippen LogP contribution in [0, 0.1) is 17.2 Å². The summed E-state index contributed by atoms with van der Waals surface area (Å²) in [6, 6.07) is 4.77. The van der Waals surface area contributed by atoms with Gasteiger partial charge in [-0.25, -0.2) is 4.99 Å². The number of nitrogens with zero attached hydrogens (tertiary/aromatic N) is 5. The molecule has 3 aromatic rings. The molecule has 0 radical (unpaired) electrons. The summed E-state index contributed by atoms with van der Waals surface area (Å²) in [6.45, 7) is 0. The molecule has 3 aromatic heterocycles. The Morgan fingerprint density at radius 1 is 1.44 bits per heavy atom. The number of hydrogen-bond acceptors (Lipinski definition) is 4. The number of nitriles is 1. The van der Waals surface area contributed by atoms with Crippen molar-refractivity contribution >= 4 is 38.9 Å². The second kappa shape index (κ2) is 6.81. The van der Waals surface area contributed by atoms with Crippen molar-refractivity contribution in [1.82, 2.24) is 14.5 Å². The molecule has 3 heterocycles. The van der Waals surface area contributed by atoms with Crippen LogP contribution in [0.25, 0.3) is 21.3 Å². The molecular formula is C18H20N6S. The molecule has 0 amide bonds. The minimum Gasteiger partial charge on any atom is -0.322 e. The van der Waals surface area contributed by atoms with Crippen LogP contribution in [0.3, 0.4) is 0 Å². The fraction of sp³-hybridized carbons (Fsp3) is 0.444. The Bertz CT molecular complexity index is 1020. The Morgan fingerprint density at radius 3 is 3.04 bits per heavy atom. The average molecular weight is 352 g/mol. The Balaban J connectivity index is 1.86. The Hall–Kier alpha value is -2.46. The summed E-state index contributed by atoms with van der Waals surface area (Å²) in [6.07, 6.45) is 8.49. The van der Waals surface area contributed by atoms with Gasteiger partial charge in [-0.2, -0.15) is 5.26 Å². The molecule has 7 heteroatoms. The Labute approximate surface area is 149 Å². The first-order valence-corrected chi connectivity index (χ1v) is 9.47. The van der Waals surface area contributed by atoms with Gasteiger partial charge < -0.3 is 9.55 Å². The normalized spacial score (nSPS) is 22.2. The van der Waals surface area contributed by atoms with Crippen LogP contribution in [-0.4, -0.2) is 27.9 Å². The van der Waals surface area contributed by atoms with E-state index >= 15 is 0 Å². The highest BCUT2D eigenvalue weighted by Crippen LogP contribution is 2.36. The third-order valence-corrected chi connectivity index (χ3v) is 5.93. The monoisotopic (exact) mass is 352 g/mol. The molecule has 1 aliphatic carbocycles. The zero-order valence-corrected chi connectivity index (χ0v) is 15.0. The lowest BCUT2D eigenvalue weighted by Gasteiger charge is -2.28. The quantitative estimate of drug-likeness (QED) is 0.575. The molecule has 1 saturated carbocycles. The average Bonchev–Trinajstić information content (AvgIpc) is 3.24. The van der Waals surface area contributed by atoms with Crippen LogP contribution >= 0.6 is 11.3 Å². The maximum atomic E-state index is 8.95. The SMILES string of the molecule is C/N=C/N=c1\[nH]c2cnc3ccsc3c2n1[C@H]1CC[C@H](CC#N)CC1. The summed E-state index contributed by atoms with van der Waals surface area (Å²) in [5.41, 5.74) is 4.05. The molecule has 0 bridgehead atoms. The number of hydrogen-bond donors (Lipinski definition) is 1. The van der Waals surface area contributed by atoms with Crippen LogP contribution in [0.5, 0.6) is 0 Å². The lowest BCUT2D eigenvalue weighted by molar-refractivity contribution is 0.277. The summed E-state index contributed by atoms with van der Waals surface area (Å²) in [5, 5.41) is 11.0. The van der Waals surface area contributed by atoms with E-state index in [0.717, 1.165) is 42.3 Å². The van der Waals surface area contributed by atoms with Gasteiger partial charge in [-0.05, 0) is 43.0 Å². The molecule has 4 rings (SSSR count). The van der Waals surface area contributed by atoms with Gasteiger partial charge in [-0.1, -0.05) is 0 Å². The van der Waals surface area contributed by atoms with Gasteiger partial charge in [0, 0.05) is 19.5 Å². The van der Waals surface area contributed by atoms with E-state index in [9.17, 15) is 0 Å². The van der Waals surface area contributed by atoms with Crippen molar-refractivity contribution in [2.75, 3.05) is 7.05 Å². The van der Waals surface area contributed by atoms with E-state index in [1.807, 2.05) is 6.20 Å². The van der Waals surface area contributed by atoms with Gasteiger partial charge in [0.1, 0.15) is 6.34 Å². The number of rotatable bonds is 3. The molecule has 25 heavy (non-hydrogen) atoms. The van der Waals surface area contributed by atoms with E-state index in [1.165, 1.54) is 10.2 Å². The van der Waals surface area contributed by atoms with Gasteiger partial charge >= 0.3 is 0 Å². The molecule has 6 nitrogen and oxygen atoms in total. The molecule has 0 atom stereocenters. The second-order valence-electron chi connectivity index (χ2n) is 6.51. The fourth-order valence-corrected chi connectivity index (χ4v) is 4.71. The van der Waals surface area contributed by atoms with Crippen molar-refractivity contribution in [3.8, 4) is 6.07 Å². The molecule has 0 spiro atoms. The van der Waals surface area contributed by atoms with Crippen molar-refractivity contribution in [3.63, 3.8) is 0 Å². The maximum absolute atomic E-state index is 8.95. The first-order valence-electron chi connectivity index (χ1n) is 8.59. The summed E-state index contributed by atoms with van der Waals surface area (Å²) in [7, 11) is 1.72. The van der Waals surface area contributed by atoms with E-state index in [-0.39, 0.29) is 0 Å². The molecular weight excluding hydrogens is 332 g/mol. The van der Waals surface area contributed by atoms with Gasteiger partial charge in [-0.15, -0.1) is 11.3 Å². The van der Waals surface area contributed by atoms with Crippen molar-refractivity contribution in [1.29, 1.82) is 5.26 Å². The van der Waals surface area contributed by atoms with E-state index in [2.05, 4.69) is 42.0 Å². The summed E-state index contributed by atoms with van der Waals surface area (Å²) >= 11 is 1.72. The number of aromatic amines is 1. The van der Waals surface area contributed by atoms with Crippen LogP contribution in [0.4, 0.5) is 0 Å². The number of H-pyrrole nitrogens is 1. The highest BCUT2D eigenvalue weighted by atomic mass is 32.1. The van der Waals surface area contributed by atoms with E-state index in [4.69, 9.17) is 5.26 Å². The molecule has 128 valence electrons. The van der Waals surface area contributed by atoms with Crippen LogP contribution in [0.2, 0.25) is 0 Å². The van der Waals surface area contributed by atoms with Crippen LogP contribution in [0.1, 0.15) is 38.1 Å². The van der Waals surface area contributed by atoms with E-state index in [0.29, 0.717) is 18.4 Å². The molecule has 0 saturated heterocycles. The summed E-state index contributed by atoms with van der Waals surface area (Å²) < 4.78 is 3.53. The lowest BCUT2D eigenvalue weighted by Crippen LogP contribution is -2.27. The van der Waals surface area contributed by atoms with Crippen molar-refractivity contribution in [2.24, 2.45) is 15.9 Å². The largest absolute Gasteiger partial charge is 0.322 e.